The summed E-state index contributed by atoms with van der Waals surface area (Å²) in [5.74, 6) is -0.250. The lowest BCUT2D eigenvalue weighted by atomic mass is 10.1. The highest BCUT2D eigenvalue weighted by molar-refractivity contribution is 6.04. The highest BCUT2D eigenvalue weighted by Crippen LogP contribution is 2.30. The van der Waals surface area contributed by atoms with Crippen molar-refractivity contribution in [1.82, 2.24) is 9.47 Å². The number of hydrogen-bond donors (Lipinski definition) is 0. The van der Waals surface area contributed by atoms with Gasteiger partial charge in [0.25, 0.3) is 0 Å². The van der Waals surface area contributed by atoms with Gasteiger partial charge >= 0.3 is 5.97 Å². The van der Waals surface area contributed by atoms with Gasteiger partial charge in [0.2, 0.25) is 0 Å². The van der Waals surface area contributed by atoms with E-state index in [2.05, 4.69) is 17.0 Å². The van der Waals surface area contributed by atoms with E-state index >= 15 is 0 Å². The summed E-state index contributed by atoms with van der Waals surface area (Å²) in [6.45, 7) is 7.24. The maximum absolute atomic E-state index is 12.3. The van der Waals surface area contributed by atoms with Crippen LogP contribution in [0.2, 0.25) is 0 Å². The van der Waals surface area contributed by atoms with Crippen LogP contribution in [0, 0.1) is 0 Å². The monoisotopic (exact) mass is 316 g/mol. The molecule has 0 N–H and O–H groups in total. The molecule has 1 aromatic heterocycles. The van der Waals surface area contributed by atoms with E-state index in [4.69, 9.17) is 9.47 Å². The van der Waals surface area contributed by atoms with Gasteiger partial charge in [-0.3, -0.25) is 4.90 Å². The topological polar surface area (TPSA) is 43.7 Å². The smallest absolute Gasteiger partial charge is 0.340 e. The third-order valence-corrected chi connectivity index (χ3v) is 4.27. The Morgan fingerprint density at radius 1 is 1.26 bits per heavy atom. The first-order chi connectivity index (χ1) is 11.0. The molecule has 1 aliphatic heterocycles. The van der Waals surface area contributed by atoms with Crippen LogP contribution < -0.4 is 0 Å². The van der Waals surface area contributed by atoms with Gasteiger partial charge in [-0.25, -0.2) is 4.79 Å². The van der Waals surface area contributed by atoms with Crippen LogP contribution in [0.15, 0.2) is 18.3 Å². The normalized spacial score (nSPS) is 14.7. The Balaban J connectivity index is 1.94. The second kappa shape index (κ2) is 6.34. The third-order valence-electron chi connectivity index (χ3n) is 4.27. The molecule has 0 fully saturated rings. The van der Waals surface area contributed by atoms with Crippen molar-refractivity contribution in [2.45, 2.75) is 33.0 Å². The molecule has 2 aromatic rings. The second-order valence-electron chi connectivity index (χ2n) is 6.45. The first kappa shape index (κ1) is 16.0. The van der Waals surface area contributed by atoms with E-state index in [0.29, 0.717) is 5.56 Å². The molecule has 0 saturated carbocycles. The van der Waals surface area contributed by atoms with Gasteiger partial charge in [0.1, 0.15) is 0 Å². The van der Waals surface area contributed by atoms with Crippen molar-refractivity contribution in [2.75, 3.05) is 20.3 Å². The maximum Gasteiger partial charge on any atom is 0.340 e. The van der Waals surface area contributed by atoms with Crippen molar-refractivity contribution in [3.63, 3.8) is 0 Å². The third kappa shape index (κ3) is 3.12. The molecule has 1 aliphatic rings. The van der Waals surface area contributed by atoms with Crippen LogP contribution in [0.1, 0.15) is 35.3 Å². The van der Waals surface area contributed by atoms with E-state index in [1.54, 1.807) is 7.11 Å². The molecule has 5 heteroatoms. The molecule has 0 spiro atoms. The summed E-state index contributed by atoms with van der Waals surface area (Å²) < 4.78 is 12.5. The van der Waals surface area contributed by atoms with Gasteiger partial charge in [0.15, 0.2) is 0 Å². The number of carbonyl (C=O) groups excluding carboxylic acids is 1. The minimum atomic E-state index is -0.250. The highest BCUT2D eigenvalue weighted by Gasteiger charge is 2.23. The van der Waals surface area contributed by atoms with Gasteiger partial charge in [0, 0.05) is 50.9 Å². The summed E-state index contributed by atoms with van der Waals surface area (Å²) in [4.78, 5) is 14.7. The standard InChI is InChI=1S/C18H24N2O3/c1-12(2)23-18(21)16-11-19(3)17-8-14-10-20(5-6-22-4)9-13(14)7-15(16)17/h7-8,11-12H,5-6,9-10H2,1-4H3. The number of hydrogen-bond acceptors (Lipinski definition) is 4. The molecule has 3 rings (SSSR count). The number of esters is 1. The van der Waals surface area contributed by atoms with E-state index in [1.807, 2.05) is 31.7 Å². The highest BCUT2D eigenvalue weighted by atomic mass is 16.5. The Labute approximate surface area is 136 Å². The lowest BCUT2D eigenvalue weighted by molar-refractivity contribution is 0.0380. The van der Waals surface area contributed by atoms with Gasteiger partial charge in [0.05, 0.1) is 18.3 Å². The molecule has 23 heavy (non-hydrogen) atoms. The minimum absolute atomic E-state index is 0.114. The van der Waals surface area contributed by atoms with Crippen LogP contribution in [0.4, 0.5) is 0 Å². The Morgan fingerprint density at radius 2 is 1.96 bits per heavy atom. The zero-order valence-electron chi connectivity index (χ0n) is 14.3. The molecule has 2 heterocycles. The molecule has 0 bridgehead atoms. The fraction of sp³-hybridized carbons (Fsp3) is 0.500. The predicted octanol–water partition coefficient (Wildman–Crippen LogP) is 2.71. The summed E-state index contributed by atoms with van der Waals surface area (Å²) in [7, 11) is 3.70. The zero-order valence-corrected chi connectivity index (χ0v) is 14.3. The first-order valence-electron chi connectivity index (χ1n) is 8.02. The average molecular weight is 316 g/mol. The van der Waals surface area contributed by atoms with E-state index in [9.17, 15) is 4.79 Å². The number of fused-ring (bicyclic) bond motifs is 2. The lowest BCUT2D eigenvalue weighted by Crippen LogP contribution is -2.21. The molecule has 0 amide bonds. The summed E-state index contributed by atoms with van der Waals surface area (Å²) >= 11 is 0. The van der Waals surface area contributed by atoms with Crippen molar-refractivity contribution >= 4 is 16.9 Å². The first-order valence-corrected chi connectivity index (χ1v) is 8.02. The molecule has 0 saturated heterocycles. The van der Waals surface area contributed by atoms with E-state index in [-0.39, 0.29) is 12.1 Å². The quantitative estimate of drug-likeness (QED) is 0.796. The van der Waals surface area contributed by atoms with Gasteiger partial charge in [-0.1, -0.05) is 0 Å². The Bertz CT molecular complexity index is 733. The zero-order chi connectivity index (χ0) is 16.6. The summed E-state index contributed by atoms with van der Waals surface area (Å²) in [5.41, 5.74) is 4.35. The minimum Gasteiger partial charge on any atom is -0.459 e. The van der Waals surface area contributed by atoms with Crippen LogP contribution in [0.3, 0.4) is 0 Å². The van der Waals surface area contributed by atoms with Gasteiger partial charge in [-0.2, -0.15) is 0 Å². The second-order valence-corrected chi connectivity index (χ2v) is 6.45. The van der Waals surface area contributed by atoms with E-state index < -0.39 is 0 Å². The Morgan fingerprint density at radius 3 is 2.61 bits per heavy atom. The number of aryl methyl sites for hydroxylation is 1. The van der Waals surface area contributed by atoms with Crippen LogP contribution in [-0.4, -0.2) is 41.8 Å². The van der Waals surface area contributed by atoms with Gasteiger partial charge in [-0.15, -0.1) is 0 Å². The number of benzene rings is 1. The predicted molar refractivity (Wildman–Crippen MR) is 89.5 cm³/mol. The van der Waals surface area contributed by atoms with Crippen molar-refractivity contribution in [3.05, 3.63) is 35.0 Å². The van der Waals surface area contributed by atoms with Crippen molar-refractivity contribution in [1.29, 1.82) is 0 Å². The molecular formula is C18H24N2O3. The average Bonchev–Trinajstić information content (AvgIpc) is 3.03. The molecule has 0 atom stereocenters. The molecule has 5 nitrogen and oxygen atoms in total. The largest absolute Gasteiger partial charge is 0.459 e. The van der Waals surface area contributed by atoms with Gasteiger partial charge in [-0.05, 0) is 37.1 Å². The molecule has 0 aliphatic carbocycles. The lowest BCUT2D eigenvalue weighted by Gasteiger charge is -2.13. The van der Waals surface area contributed by atoms with Crippen molar-refractivity contribution < 1.29 is 14.3 Å². The summed E-state index contributed by atoms with van der Waals surface area (Å²) in [6.07, 6.45) is 1.75. The van der Waals surface area contributed by atoms with E-state index in [0.717, 1.165) is 37.1 Å². The number of ether oxygens (including phenoxy) is 2. The fourth-order valence-electron chi connectivity index (χ4n) is 3.17. The maximum atomic E-state index is 12.3. The number of aromatic nitrogens is 1. The van der Waals surface area contributed by atoms with Crippen molar-refractivity contribution in [2.24, 2.45) is 7.05 Å². The Hall–Kier alpha value is -1.85. The van der Waals surface area contributed by atoms with Crippen LogP contribution in [0.25, 0.3) is 10.9 Å². The SMILES string of the molecule is COCCN1Cc2cc3c(C(=O)OC(C)C)cn(C)c3cc2C1. The van der Waals surface area contributed by atoms with Crippen LogP contribution >= 0.6 is 0 Å². The van der Waals surface area contributed by atoms with Crippen LogP contribution in [-0.2, 0) is 29.6 Å². The van der Waals surface area contributed by atoms with Crippen molar-refractivity contribution in [3.8, 4) is 0 Å². The molecular weight excluding hydrogens is 292 g/mol. The number of methoxy groups -OCH3 is 1. The van der Waals surface area contributed by atoms with Gasteiger partial charge < -0.3 is 14.0 Å². The number of nitrogens with zero attached hydrogens (tertiary/aromatic N) is 2. The number of carbonyl (C=O) groups is 1. The Kier molecular flexibility index (Phi) is 4.41. The summed E-state index contributed by atoms with van der Waals surface area (Å²) in [5, 5.41) is 0.977. The molecule has 1 aromatic carbocycles. The molecule has 0 unspecified atom stereocenters. The van der Waals surface area contributed by atoms with Crippen LogP contribution in [0.5, 0.6) is 0 Å². The number of rotatable bonds is 5. The van der Waals surface area contributed by atoms with E-state index in [1.165, 1.54) is 11.1 Å². The fourth-order valence-corrected chi connectivity index (χ4v) is 3.17. The molecule has 0 radical (unpaired) electrons. The molecule has 124 valence electrons. The summed E-state index contributed by atoms with van der Waals surface area (Å²) in [6, 6.07) is 4.35.